The van der Waals surface area contributed by atoms with E-state index in [4.69, 9.17) is 5.11 Å². The van der Waals surface area contributed by atoms with Crippen molar-refractivity contribution in [1.82, 2.24) is 4.98 Å². The summed E-state index contributed by atoms with van der Waals surface area (Å²) < 4.78 is 12.6. The van der Waals surface area contributed by atoms with E-state index in [0.29, 0.717) is 0 Å². The van der Waals surface area contributed by atoms with E-state index in [1.807, 2.05) is 0 Å². The Bertz CT molecular complexity index is 317. The Labute approximate surface area is 74.6 Å². The van der Waals surface area contributed by atoms with Gasteiger partial charge in [-0.15, -0.1) is 0 Å². The topological polar surface area (TPSA) is 53.4 Å². The van der Waals surface area contributed by atoms with Gasteiger partial charge in [0.2, 0.25) is 5.95 Å². The number of halogens is 1. The zero-order chi connectivity index (χ0) is 9.84. The van der Waals surface area contributed by atoms with Gasteiger partial charge in [-0.2, -0.15) is 4.39 Å². The van der Waals surface area contributed by atoms with Crippen molar-refractivity contribution in [3.8, 4) is 0 Å². The van der Waals surface area contributed by atoms with Crippen LogP contribution in [0, 0.1) is 5.95 Å². The quantitative estimate of drug-likeness (QED) is 0.712. The fraction of sp³-hybridized carbons (Fsp3) is 0.250. The SMILES string of the molecule is CCN(C(=O)O)c1cccc(F)n1. The molecule has 0 fully saturated rings. The van der Waals surface area contributed by atoms with Crippen molar-refractivity contribution >= 4 is 11.9 Å². The van der Waals surface area contributed by atoms with Gasteiger partial charge in [0, 0.05) is 6.54 Å². The van der Waals surface area contributed by atoms with Gasteiger partial charge >= 0.3 is 6.09 Å². The minimum Gasteiger partial charge on any atom is -0.465 e. The van der Waals surface area contributed by atoms with E-state index in [0.717, 1.165) is 4.90 Å². The first kappa shape index (κ1) is 9.44. The van der Waals surface area contributed by atoms with Crippen LogP contribution in [0.15, 0.2) is 18.2 Å². The van der Waals surface area contributed by atoms with Gasteiger partial charge in [0.1, 0.15) is 5.82 Å². The summed E-state index contributed by atoms with van der Waals surface area (Å²) in [4.78, 5) is 15.0. The molecule has 1 rings (SSSR count). The normalized spacial score (nSPS) is 9.69. The third-order valence-corrected chi connectivity index (χ3v) is 1.52. The average molecular weight is 184 g/mol. The van der Waals surface area contributed by atoms with Gasteiger partial charge in [0.05, 0.1) is 0 Å². The van der Waals surface area contributed by atoms with Gasteiger partial charge in [-0.25, -0.2) is 9.78 Å². The molecule has 0 saturated heterocycles. The maximum absolute atomic E-state index is 12.6. The minimum atomic E-state index is -1.14. The minimum absolute atomic E-state index is 0.106. The summed E-state index contributed by atoms with van der Waals surface area (Å²) in [5.41, 5.74) is 0. The monoisotopic (exact) mass is 184 g/mol. The lowest BCUT2D eigenvalue weighted by molar-refractivity contribution is 0.202. The molecule has 1 amide bonds. The second-order valence-electron chi connectivity index (χ2n) is 2.35. The number of hydrogen-bond acceptors (Lipinski definition) is 2. The van der Waals surface area contributed by atoms with E-state index in [2.05, 4.69) is 4.98 Å². The fourth-order valence-corrected chi connectivity index (χ4v) is 0.943. The van der Waals surface area contributed by atoms with E-state index in [1.54, 1.807) is 6.92 Å². The van der Waals surface area contributed by atoms with Gasteiger partial charge in [0.25, 0.3) is 0 Å². The summed E-state index contributed by atoms with van der Waals surface area (Å²) in [5, 5.41) is 8.68. The molecule has 0 radical (unpaired) electrons. The molecule has 5 heteroatoms. The molecule has 4 nitrogen and oxygen atoms in total. The Morgan fingerprint density at radius 1 is 1.69 bits per heavy atom. The first-order valence-corrected chi connectivity index (χ1v) is 3.78. The maximum atomic E-state index is 12.6. The van der Waals surface area contributed by atoms with Crippen molar-refractivity contribution in [2.45, 2.75) is 6.92 Å². The summed E-state index contributed by atoms with van der Waals surface area (Å²) in [6.07, 6.45) is -1.14. The van der Waals surface area contributed by atoms with Gasteiger partial charge < -0.3 is 5.11 Å². The third kappa shape index (κ3) is 2.14. The molecule has 0 unspecified atom stereocenters. The number of carboxylic acid groups (broad SMARTS) is 1. The van der Waals surface area contributed by atoms with E-state index >= 15 is 0 Å². The van der Waals surface area contributed by atoms with Crippen LogP contribution in [0.4, 0.5) is 15.0 Å². The largest absolute Gasteiger partial charge is 0.465 e. The first-order chi connectivity index (χ1) is 6.15. The number of amides is 1. The second-order valence-corrected chi connectivity index (χ2v) is 2.35. The number of aromatic nitrogens is 1. The molecule has 0 bridgehead atoms. The number of carbonyl (C=O) groups is 1. The van der Waals surface area contributed by atoms with Crippen LogP contribution in [-0.2, 0) is 0 Å². The summed E-state index contributed by atoms with van der Waals surface area (Å²) >= 11 is 0. The van der Waals surface area contributed by atoms with Crippen molar-refractivity contribution in [3.05, 3.63) is 24.1 Å². The Balaban J connectivity index is 2.98. The molecule has 1 N–H and O–H groups in total. The van der Waals surface area contributed by atoms with Crippen LogP contribution in [-0.4, -0.2) is 22.7 Å². The smallest absolute Gasteiger partial charge is 0.413 e. The van der Waals surface area contributed by atoms with Crippen LogP contribution in [0.3, 0.4) is 0 Å². The van der Waals surface area contributed by atoms with Crippen LogP contribution in [0.25, 0.3) is 0 Å². The third-order valence-electron chi connectivity index (χ3n) is 1.52. The van der Waals surface area contributed by atoms with Crippen molar-refractivity contribution in [1.29, 1.82) is 0 Å². The van der Waals surface area contributed by atoms with Crippen LogP contribution in [0.2, 0.25) is 0 Å². The molecular formula is C8H9FN2O2. The maximum Gasteiger partial charge on any atom is 0.413 e. The standard InChI is InChI=1S/C8H9FN2O2/c1-2-11(8(12)13)7-5-3-4-6(9)10-7/h3-5H,2H2,1H3,(H,12,13). The highest BCUT2D eigenvalue weighted by Crippen LogP contribution is 2.10. The van der Waals surface area contributed by atoms with E-state index in [1.165, 1.54) is 18.2 Å². The van der Waals surface area contributed by atoms with E-state index < -0.39 is 12.0 Å². The molecule has 1 aromatic rings. The Morgan fingerprint density at radius 2 is 2.38 bits per heavy atom. The molecular weight excluding hydrogens is 175 g/mol. The zero-order valence-corrected chi connectivity index (χ0v) is 7.07. The molecule has 0 atom stereocenters. The predicted octanol–water partition coefficient (Wildman–Crippen LogP) is 1.73. The molecule has 0 aliphatic carbocycles. The lowest BCUT2D eigenvalue weighted by Gasteiger charge is -2.14. The number of pyridine rings is 1. The van der Waals surface area contributed by atoms with Gasteiger partial charge in [-0.05, 0) is 19.1 Å². The molecule has 13 heavy (non-hydrogen) atoms. The Kier molecular flexibility index (Phi) is 2.79. The highest BCUT2D eigenvalue weighted by molar-refractivity contribution is 5.84. The molecule has 1 heterocycles. The average Bonchev–Trinajstić information content (AvgIpc) is 2.04. The number of rotatable bonds is 2. The summed E-state index contributed by atoms with van der Waals surface area (Å²) in [6.45, 7) is 1.90. The lowest BCUT2D eigenvalue weighted by atomic mass is 10.4. The molecule has 70 valence electrons. The molecule has 0 spiro atoms. The Hall–Kier alpha value is -1.65. The van der Waals surface area contributed by atoms with E-state index in [9.17, 15) is 9.18 Å². The molecule has 0 aliphatic rings. The van der Waals surface area contributed by atoms with Crippen molar-refractivity contribution in [3.63, 3.8) is 0 Å². The highest BCUT2D eigenvalue weighted by Gasteiger charge is 2.12. The molecule has 0 aliphatic heterocycles. The predicted molar refractivity (Wildman–Crippen MR) is 45.2 cm³/mol. The van der Waals surface area contributed by atoms with Crippen molar-refractivity contribution < 1.29 is 14.3 Å². The molecule has 1 aromatic heterocycles. The fourth-order valence-electron chi connectivity index (χ4n) is 0.943. The molecule has 0 aromatic carbocycles. The van der Waals surface area contributed by atoms with E-state index in [-0.39, 0.29) is 12.4 Å². The van der Waals surface area contributed by atoms with Crippen LogP contribution in [0.5, 0.6) is 0 Å². The second kappa shape index (κ2) is 3.84. The summed E-state index contributed by atoms with van der Waals surface area (Å²) in [7, 11) is 0. The molecule has 0 saturated carbocycles. The number of hydrogen-bond donors (Lipinski definition) is 1. The summed E-state index contributed by atoms with van der Waals surface area (Å²) in [5.74, 6) is -0.577. The lowest BCUT2D eigenvalue weighted by Crippen LogP contribution is -2.29. The zero-order valence-electron chi connectivity index (χ0n) is 7.07. The van der Waals surface area contributed by atoms with Gasteiger partial charge in [-0.3, -0.25) is 4.90 Å². The van der Waals surface area contributed by atoms with Gasteiger partial charge in [0.15, 0.2) is 0 Å². The van der Waals surface area contributed by atoms with Crippen LogP contribution >= 0.6 is 0 Å². The number of nitrogens with zero attached hydrogens (tertiary/aromatic N) is 2. The van der Waals surface area contributed by atoms with Crippen LogP contribution in [0.1, 0.15) is 6.92 Å². The Morgan fingerprint density at radius 3 is 2.85 bits per heavy atom. The van der Waals surface area contributed by atoms with Crippen LogP contribution < -0.4 is 4.90 Å². The highest BCUT2D eigenvalue weighted by atomic mass is 19.1. The number of anilines is 1. The van der Waals surface area contributed by atoms with Crippen molar-refractivity contribution in [2.75, 3.05) is 11.4 Å². The van der Waals surface area contributed by atoms with Crippen molar-refractivity contribution in [2.24, 2.45) is 0 Å². The summed E-state index contributed by atoms with van der Waals surface area (Å²) in [6, 6.07) is 4.03. The van der Waals surface area contributed by atoms with Gasteiger partial charge in [-0.1, -0.05) is 6.07 Å². The first-order valence-electron chi connectivity index (χ1n) is 3.78.